The molecule has 0 bridgehead atoms. The number of esters is 1. The minimum absolute atomic E-state index is 0.0769. The Morgan fingerprint density at radius 1 is 1.48 bits per heavy atom. The van der Waals surface area contributed by atoms with Crippen LogP contribution in [-0.2, 0) is 16.0 Å². The third-order valence-electron chi connectivity index (χ3n) is 2.50. The lowest BCUT2D eigenvalue weighted by Gasteiger charge is -2.04. The molecule has 0 saturated carbocycles. The number of anilines is 1. The number of amides is 1. The Morgan fingerprint density at radius 2 is 2.24 bits per heavy atom. The molecule has 0 radical (unpaired) electrons. The molecule has 0 fully saturated rings. The van der Waals surface area contributed by atoms with E-state index >= 15 is 0 Å². The standard InChI is InChI=1S/C13H10BrClN2O3S/c1-20-11(18)5-8-6-21-13(16-8)17-12(19)9-3-2-7(15)4-10(9)14/h2-4,6H,5H2,1H3,(H,16,17,19). The van der Waals surface area contributed by atoms with Gasteiger partial charge in [-0.3, -0.25) is 14.9 Å². The summed E-state index contributed by atoms with van der Waals surface area (Å²) in [4.78, 5) is 27.4. The second-order valence-corrected chi connectivity index (χ2v) is 6.12. The molecule has 1 N–H and O–H groups in total. The SMILES string of the molecule is COC(=O)Cc1csc(NC(=O)c2ccc(Cl)cc2Br)n1. The molecule has 0 spiro atoms. The molecule has 5 nitrogen and oxygen atoms in total. The average Bonchev–Trinajstić information content (AvgIpc) is 2.85. The number of carbonyl (C=O) groups is 2. The molecule has 0 aliphatic heterocycles. The molecular formula is C13H10BrClN2O3S. The number of methoxy groups -OCH3 is 1. The molecule has 1 heterocycles. The van der Waals surface area contributed by atoms with Crippen LogP contribution in [0.15, 0.2) is 28.1 Å². The van der Waals surface area contributed by atoms with Gasteiger partial charge in [0.2, 0.25) is 0 Å². The van der Waals surface area contributed by atoms with Crippen LogP contribution in [0.25, 0.3) is 0 Å². The first-order valence-electron chi connectivity index (χ1n) is 5.77. The lowest BCUT2D eigenvalue weighted by Crippen LogP contribution is -2.12. The van der Waals surface area contributed by atoms with Crippen LogP contribution in [0.4, 0.5) is 5.13 Å². The molecule has 2 aromatic rings. The fourth-order valence-corrected chi connectivity index (χ4v) is 3.07. The fraction of sp³-hybridized carbons (Fsp3) is 0.154. The van der Waals surface area contributed by atoms with Crippen LogP contribution in [0.5, 0.6) is 0 Å². The highest BCUT2D eigenvalue weighted by Crippen LogP contribution is 2.23. The van der Waals surface area contributed by atoms with Gasteiger partial charge in [-0.15, -0.1) is 11.3 Å². The van der Waals surface area contributed by atoms with Crippen molar-refractivity contribution in [1.82, 2.24) is 4.98 Å². The van der Waals surface area contributed by atoms with E-state index in [4.69, 9.17) is 11.6 Å². The van der Waals surface area contributed by atoms with Crippen LogP contribution >= 0.6 is 38.9 Å². The first kappa shape index (κ1) is 15.9. The highest BCUT2D eigenvalue weighted by molar-refractivity contribution is 9.10. The average molecular weight is 390 g/mol. The van der Waals surface area contributed by atoms with E-state index in [1.807, 2.05) is 0 Å². The van der Waals surface area contributed by atoms with Crippen molar-refractivity contribution in [2.75, 3.05) is 12.4 Å². The predicted molar refractivity (Wildman–Crippen MR) is 84.9 cm³/mol. The minimum atomic E-state index is -0.376. The third-order valence-corrected chi connectivity index (χ3v) is 4.20. The van der Waals surface area contributed by atoms with Gasteiger partial charge in [0.05, 0.1) is 24.8 Å². The van der Waals surface area contributed by atoms with Crippen LogP contribution < -0.4 is 5.32 Å². The van der Waals surface area contributed by atoms with Gasteiger partial charge in [-0.25, -0.2) is 4.98 Å². The van der Waals surface area contributed by atoms with Gasteiger partial charge in [0.25, 0.3) is 5.91 Å². The molecule has 0 atom stereocenters. The number of nitrogens with one attached hydrogen (secondary N) is 1. The smallest absolute Gasteiger partial charge is 0.311 e. The minimum Gasteiger partial charge on any atom is -0.469 e. The summed E-state index contributed by atoms with van der Waals surface area (Å²) in [5.41, 5.74) is 1.00. The second kappa shape index (κ2) is 7.02. The van der Waals surface area contributed by atoms with Crippen molar-refractivity contribution >= 4 is 55.9 Å². The van der Waals surface area contributed by atoms with E-state index in [1.54, 1.807) is 23.6 Å². The molecule has 0 unspecified atom stereocenters. The van der Waals surface area contributed by atoms with E-state index in [2.05, 4.69) is 31.0 Å². The van der Waals surface area contributed by atoms with E-state index in [-0.39, 0.29) is 18.3 Å². The van der Waals surface area contributed by atoms with E-state index in [0.717, 1.165) is 0 Å². The number of carbonyl (C=O) groups excluding carboxylic acids is 2. The summed E-state index contributed by atoms with van der Waals surface area (Å²) in [6, 6.07) is 4.89. The fourth-order valence-electron chi connectivity index (χ4n) is 1.50. The molecule has 1 aromatic carbocycles. The first-order chi connectivity index (χ1) is 9.99. The molecule has 1 amide bonds. The molecule has 21 heavy (non-hydrogen) atoms. The Bertz CT molecular complexity index is 690. The summed E-state index contributed by atoms with van der Waals surface area (Å²) in [5, 5.41) is 5.32. The topological polar surface area (TPSA) is 68.3 Å². The van der Waals surface area contributed by atoms with Crippen molar-refractivity contribution in [1.29, 1.82) is 0 Å². The van der Waals surface area contributed by atoms with E-state index < -0.39 is 0 Å². The van der Waals surface area contributed by atoms with E-state index in [0.29, 0.717) is 25.9 Å². The number of hydrogen-bond acceptors (Lipinski definition) is 5. The predicted octanol–water partition coefficient (Wildman–Crippen LogP) is 3.53. The van der Waals surface area contributed by atoms with Crippen LogP contribution in [0.2, 0.25) is 5.02 Å². The number of halogens is 2. The zero-order valence-corrected chi connectivity index (χ0v) is 14.0. The molecule has 0 aliphatic carbocycles. The van der Waals surface area contributed by atoms with Crippen molar-refractivity contribution in [3.8, 4) is 0 Å². The number of ether oxygens (including phenoxy) is 1. The Hall–Kier alpha value is -1.44. The maximum absolute atomic E-state index is 12.1. The summed E-state index contributed by atoms with van der Waals surface area (Å²) < 4.78 is 5.16. The van der Waals surface area contributed by atoms with Gasteiger partial charge in [0, 0.05) is 14.9 Å². The Labute approximate surface area is 138 Å². The van der Waals surface area contributed by atoms with E-state index in [1.165, 1.54) is 18.4 Å². The van der Waals surface area contributed by atoms with Crippen molar-refractivity contribution in [3.05, 3.63) is 44.3 Å². The quantitative estimate of drug-likeness (QED) is 0.812. The Kier molecular flexibility index (Phi) is 5.33. The molecular weight excluding hydrogens is 380 g/mol. The zero-order valence-electron chi connectivity index (χ0n) is 10.9. The number of thiazole rings is 1. The number of nitrogens with zero attached hydrogens (tertiary/aromatic N) is 1. The van der Waals surface area contributed by atoms with Gasteiger partial charge in [-0.1, -0.05) is 11.6 Å². The molecule has 110 valence electrons. The molecule has 2 rings (SSSR count). The molecule has 8 heteroatoms. The van der Waals surface area contributed by atoms with Crippen LogP contribution in [-0.4, -0.2) is 24.0 Å². The number of aromatic nitrogens is 1. The summed E-state index contributed by atoms with van der Waals surface area (Å²) in [6.07, 6.45) is 0.0769. The van der Waals surface area contributed by atoms with Gasteiger partial charge < -0.3 is 4.74 Å². The monoisotopic (exact) mass is 388 g/mol. The zero-order chi connectivity index (χ0) is 15.4. The summed E-state index contributed by atoms with van der Waals surface area (Å²) in [6.45, 7) is 0. The molecule has 1 aromatic heterocycles. The maximum atomic E-state index is 12.1. The summed E-state index contributed by atoms with van der Waals surface area (Å²) in [7, 11) is 1.31. The lowest BCUT2D eigenvalue weighted by atomic mass is 10.2. The Morgan fingerprint density at radius 3 is 2.90 bits per heavy atom. The molecule has 0 aliphatic rings. The highest BCUT2D eigenvalue weighted by Gasteiger charge is 2.13. The second-order valence-electron chi connectivity index (χ2n) is 3.98. The number of hydrogen-bond donors (Lipinski definition) is 1. The van der Waals surface area contributed by atoms with Crippen molar-refractivity contribution in [3.63, 3.8) is 0 Å². The van der Waals surface area contributed by atoms with Crippen molar-refractivity contribution in [2.45, 2.75) is 6.42 Å². The first-order valence-corrected chi connectivity index (χ1v) is 7.82. The molecule has 0 saturated heterocycles. The summed E-state index contributed by atoms with van der Waals surface area (Å²) >= 11 is 10.4. The number of benzene rings is 1. The van der Waals surface area contributed by atoms with Gasteiger partial charge in [0.1, 0.15) is 0 Å². The van der Waals surface area contributed by atoms with Crippen molar-refractivity contribution < 1.29 is 14.3 Å². The van der Waals surface area contributed by atoms with Crippen LogP contribution in [0.3, 0.4) is 0 Å². The normalized spacial score (nSPS) is 10.2. The van der Waals surface area contributed by atoms with Crippen LogP contribution in [0.1, 0.15) is 16.1 Å². The number of rotatable bonds is 4. The van der Waals surface area contributed by atoms with Crippen LogP contribution in [0, 0.1) is 0 Å². The van der Waals surface area contributed by atoms with Gasteiger partial charge in [-0.2, -0.15) is 0 Å². The van der Waals surface area contributed by atoms with Gasteiger partial charge in [-0.05, 0) is 34.1 Å². The van der Waals surface area contributed by atoms with E-state index in [9.17, 15) is 9.59 Å². The largest absolute Gasteiger partial charge is 0.469 e. The van der Waals surface area contributed by atoms with Crippen molar-refractivity contribution in [2.24, 2.45) is 0 Å². The van der Waals surface area contributed by atoms with Gasteiger partial charge in [0.15, 0.2) is 5.13 Å². The third kappa shape index (κ3) is 4.26. The summed E-state index contributed by atoms with van der Waals surface area (Å²) in [5.74, 6) is -0.684. The Balaban J connectivity index is 2.07. The maximum Gasteiger partial charge on any atom is 0.311 e. The van der Waals surface area contributed by atoms with Gasteiger partial charge >= 0.3 is 5.97 Å². The highest BCUT2D eigenvalue weighted by atomic mass is 79.9. The lowest BCUT2D eigenvalue weighted by molar-refractivity contribution is -0.139.